The minimum Gasteiger partial charge on any atom is -0.459 e. The van der Waals surface area contributed by atoms with Crippen molar-refractivity contribution in [2.45, 2.75) is 129 Å². The van der Waals surface area contributed by atoms with Crippen LogP contribution in [-0.2, 0) is 44.7 Å². The summed E-state index contributed by atoms with van der Waals surface area (Å²) in [5, 5.41) is 16.5. The number of cyclic esters (lactones) is 2. The number of nitrogens with two attached hydrogens (primary N) is 1. The Balaban J connectivity index is 2.07. The molecule has 2 saturated heterocycles. The van der Waals surface area contributed by atoms with Crippen LogP contribution in [0, 0.1) is 17.8 Å². The number of aliphatic hydroxyl groups excluding tert-OH is 1. The molecule has 0 bridgehead atoms. The topological polar surface area (TPSA) is 198 Å². The SMILES string of the molecule is CC(C)C[C@@H]1NC(=O)[C@H](C(C)C)OC(=O)C[C@H](O)[C@@H](C(C)C)NC(=O)[C@@H](N)[C@@H](C)OC(=O)[C@H](Cc2ccccc2)N(C)C(=O)[C@@H]2CCCN2C1=O. The normalized spacial score (nSPS) is 29.7. The van der Waals surface area contributed by atoms with Crippen LogP contribution < -0.4 is 16.4 Å². The van der Waals surface area contributed by atoms with E-state index in [0.717, 1.165) is 5.56 Å². The van der Waals surface area contributed by atoms with Crippen molar-refractivity contribution in [2.24, 2.45) is 23.5 Å². The fourth-order valence-electron chi connectivity index (χ4n) is 6.53. The largest absolute Gasteiger partial charge is 0.459 e. The Labute approximate surface area is 301 Å². The van der Waals surface area contributed by atoms with E-state index in [1.807, 2.05) is 44.2 Å². The van der Waals surface area contributed by atoms with Gasteiger partial charge in [-0.2, -0.15) is 0 Å². The molecule has 0 unspecified atom stereocenters. The van der Waals surface area contributed by atoms with E-state index in [1.54, 1.807) is 27.7 Å². The lowest BCUT2D eigenvalue weighted by molar-refractivity contribution is -0.161. The van der Waals surface area contributed by atoms with Gasteiger partial charge in [-0.05, 0) is 49.5 Å². The van der Waals surface area contributed by atoms with Crippen LogP contribution in [0.2, 0.25) is 0 Å². The van der Waals surface area contributed by atoms with Crippen molar-refractivity contribution < 1.29 is 43.3 Å². The summed E-state index contributed by atoms with van der Waals surface area (Å²) in [6.07, 6.45) is -3.16. The summed E-state index contributed by atoms with van der Waals surface area (Å²) in [6, 6.07) is 3.69. The summed E-state index contributed by atoms with van der Waals surface area (Å²) in [7, 11) is 1.48. The van der Waals surface area contributed by atoms with Crippen molar-refractivity contribution >= 4 is 35.6 Å². The Morgan fingerprint density at radius 1 is 0.902 bits per heavy atom. The van der Waals surface area contributed by atoms with E-state index in [4.69, 9.17) is 15.2 Å². The van der Waals surface area contributed by atoms with E-state index < -0.39 is 96.4 Å². The van der Waals surface area contributed by atoms with Gasteiger partial charge in [0.1, 0.15) is 30.3 Å². The number of likely N-dealkylation sites (N-methyl/N-ethyl adjacent to an activating group) is 1. The Kier molecular flexibility index (Phi) is 15.0. The lowest BCUT2D eigenvalue weighted by Crippen LogP contribution is -2.58. The molecule has 0 aromatic heterocycles. The maximum atomic E-state index is 14.2. The molecular formula is C37H57N5O9. The van der Waals surface area contributed by atoms with Crippen LogP contribution in [0.5, 0.6) is 0 Å². The zero-order valence-corrected chi connectivity index (χ0v) is 31.2. The van der Waals surface area contributed by atoms with Crippen LogP contribution >= 0.6 is 0 Å². The van der Waals surface area contributed by atoms with Gasteiger partial charge < -0.3 is 40.7 Å². The number of benzene rings is 1. The lowest BCUT2D eigenvalue weighted by atomic mass is 9.95. The molecule has 3 rings (SSSR count). The van der Waals surface area contributed by atoms with Crippen molar-refractivity contribution in [1.29, 1.82) is 0 Å². The number of esters is 2. The third-order valence-electron chi connectivity index (χ3n) is 9.55. The van der Waals surface area contributed by atoms with Gasteiger partial charge in [-0.1, -0.05) is 71.9 Å². The van der Waals surface area contributed by atoms with Crippen molar-refractivity contribution in [3.05, 3.63) is 35.9 Å². The minimum atomic E-state index is -1.41. The molecule has 5 N–H and O–H groups in total. The fraction of sp³-hybridized carbons (Fsp3) is 0.676. The van der Waals surface area contributed by atoms with Crippen LogP contribution in [0.25, 0.3) is 0 Å². The number of aliphatic hydroxyl groups is 1. The zero-order chi connectivity index (χ0) is 38.2. The van der Waals surface area contributed by atoms with E-state index in [1.165, 1.54) is 23.8 Å². The third-order valence-corrected chi connectivity index (χ3v) is 9.55. The quantitative estimate of drug-likeness (QED) is 0.312. The minimum absolute atomic E-state index is 0.0232. The summed E-state index contributed by atoms with van der Waals surface area (Å²) in [5.41, 5.74) is 7.01. The maximum Gasteiger partial charge on any atom is 0.329 e. The number of carbonyl (C=O) groups is 6. The predicted octanol–water partition coefficient (Wildman–Crippen LogP) is 1.31. The standard InChI is InChI=1S/C37H57N5O9/c1-20(2)17-25-35(47)42-16-12-15-26(42)36(48)41(8)27(18-24-13-10-9-11-14-24)37(49)50-23(7)30(38)33(45)40-31(21(3)4)28(43)19-29(44)51-32(22(5)6)34(46)39-25/h9-11,13-14,20-23,25-28,30-32,43H,12,15-19,38H2,1-8H3,(H,39,46)(H,40,45)/t23-,25+,26+,27+,28+,30+,31-,32+/m1/s1. The van der Waals surface area contributed by atoms with Gasteiger partial charge in [0.2, 0.25) is 17.7 Å². The van der Waals surface area contributed by atoms with Gasteiger partial charge in [-0.25, -0.2) is 4.79 Å². The van der Waals surface area contributed by atoms with E-state index in [2.05, 4.69) is 10.6 Å². The van der Waals surface area contributed by atoms with Crippen molar-refractivity contribution in [2.75, 3.05) is 13.6 Å². The van der Waals surface area contributed by atoms with Crippen molar-refractivity contribution in [3.8, 4) is 0 Å². The molecule has 0 saturated carbocycles. The third kappa shape index (κ3) is 11.0. The molecule has 51 heavy (non-hydrogen) atoms. The predicted molar refractivity (Wildman–Crippen MR) is 188 cm³/mol. The molecule has 14 nitrogen and oxygen atoms in total. The number of hydrogen-bond donors (Lipinski definition) is 4. The van der Waals surface area contributed by atoms with Gasteiger partial charge in [0.25, 0.3) is 5.91 Å². The van der Waals surface area contributed by atoms with Crippen molar-refractivity contribution in [3.63, 3.8) is 0 Å². The molecule has 0 aliphatic carbocycles. The van der Waals surface area contributed by atoms with E-state index in [0.29, 0.717) is 12.8 Å². The number of rotatable bonds is 6. The van der Waals surface area contributed by atoms with E-state index in [-0.39, 0.29) is 31.2 Å². The first-order chi connectivity index (χ1) is 23.9. The Morgan fingerprint density at radius 2 is 1.55 bits per heavy atom. The van der Waals surface area contributed by atoms with Gasteiger partial charge in [-0.15, -0.1) is 0 Å². The first kappa shape index (κ1) is 41.4. The second kappa shape index (κ2) is 18.5. The Hall–Kier alpha value is -4.04. The van der Waals surface area contributed by atoms with Gasteiger partial charge in [0.15, 0.2) is 6.10 Å². The average Bonchev–Trinajstić information content (AvgIpc) is 3.56. The highest BCUT2D eigenvalue weighted by Crippen LogP contribution is 2.24. The van der Waals surface area contributed by atoms with E-state index >= 15 is 0 Å². The molecule has 4 amide bonds. The number of nitrogens with zero attached hydrogens (tertiary/aromatic N) is 2. The molecule has 2 fully saturated rings. The first-order valence-electron chi connectivity index (χ1n) is 18.0. The zero-order valence-electron chi connectivity index (χ0n) is 31.2. The molecule has 2 aliphatic heterocycles. The fourth-order valence-corrected chi connectivity index (χ4v) is 6.53. The van der Waals surface area contributed by atoms with E-state index in [9.17, 15) is 33.9 Å². The molecule has 1 aromatic carbocycles. The number of amides is 4. The molecule has 0 spiro atoms. The lowest BCUT2D eigenvalue weighted by Gasteiger charge is -2.35. The summed E-state index contributed by atoms with van der Waals surface area (Å²) < 4.78 is 11.3. The molecule has 1 aromatic rings. The summed E-state index contributed by atoms with van der Waals surface area (Å²) in [4.78, 5) is 85.0. The first-order valence-corrected chi connectivity index (χ1v) is 18.0. The van der Waals surface area contributed by atoms with Crippen LogP contribution in [0.4, 0.5) is 0 Å². The highest BCUT2D eigenvalue weighted by molar-refractivity contribution is 5.95. The maximum absolute atomic E-state index is 14.2. The summed E-state index contributed by atoms with van der Waals surface area (Å²) >= 11 is 0. The summed E-state index contributed by atoms with van der Waals surface area (Å²) in [5.74, 6) is -4.89. The number of nitrogens with one attached hydrogen (secondary N) is 2. The van der Waals surface area contributed by atoms with Crippen LogP contribution in [0.1, 0.15) is 79.7 Å². The van der Waals surface area contributed by atoms with Gasteiger partial charge in [0.05, 0.1) is 18.6 Å². The highest BCUT2D eigenvalue weighted by Gasteiger charge is 2.43. The molecular weight excluding hydrogens is 658 g/mol. The van der Waals surface area contributed by atoms with Crippen LogP contribution in [0.3, 0.4) is 0 Å². The Bertz CT molecular complexity index is 1390. The second-order valence-electron chi connectivity index (χ2n) is 14.9. The smallest absolute Gasteiger partial charge is 0.329 e. The molecule has 8 atom stereocenters. The molecule has 284 valence electrons. The second-order valence-corrected chi connectivity index (χ2v) is 14.9. The highest BCUT2D eigenvalue weighted by atomic mass is 16.6. The van der Waals surface area contributed by atoms with Crippen LogP contribution in [-0.4, -0.2) is 113 Å². The number of ether oxygens (including phenoxy) is 2. The molecule has 14 heteroatoms. The number of carbonyl (C=O) groups excluding carboxylic acids is 6. The van der Waals surface area contributed by atoms with Gasteiger partial charge in [0, 0.05) is 20.0 Å². The summed E-state index contributed by atoms with van der Waals surface area (Å²) in [6.45, 7) is 12.4. The van der Waals surface area contributed by atoms with Crippen molar-refractivity contribution in [1.82, 2.24) is 20.4 Å². The monoisotopic (exact) mass is 715 g/mol. The molecule has 2 heterocycles. The average molecular weight is 716 g/mol. The molecule has 0 radical (unpaired) electrons. The number of hydrogen-bond acceptors (Lipinski definition) is 10. The van der Waals surface area contributed by atoms with Gasteiger partial charge in [-0.3, -0.25) is 24.0 Å². The van der Waals surface area contributed by atoms with Gasteiger partial charge >= 0.3 is 11.9 Å². The van der Waals surface area contributed by atoms with Crippen LogP contribution in [0.15, 0.2) is 30.3 Å². The number of fused-ring (bicyclic) bond motifs is 1. The molecule has 2 aliphatic rings. The Morgan fingerprint density at radius 3 is 2.14 bits per heavy atom.